The van der Waals surface area contributed by atoms with Crippen LogP contribution in [0.3, 0.4) is 0 Å². The second-order valence-electron chi connectivity index (χ2n) is 3.70. The normalized spacial score (nSPS) is 11.4. The molecule has 4 heteroatoms. The lowest BCUT2D eigenvalue weighted by Gasteiger charge is -2.12. The highest BCUT2D eigenvalue weighted by atomic mass is 16.1. The van der Waals surface area contributed by atoms with Crippen LogP contribution in [-0.4, -0.2) is 14.6 Å². The van der Waals surface area contributed by atoms with Crippen molar-refractivity contribution in [1.29, 1.82) is 0 Å². The van der Waals surface area contributed by atoms with Crippen LogP contribution >= 0.6 is 0 Å². The first kappa shape index (κ1) is 9.96. The van der Waals surface area contributed by atoms with Gasteiger partial charge in [0.25, 0.3) is 5.56 Å². The quantitative estimate of drug-likeness (QED) is 0.832. The summed E-state index contributed by atoms with van der Waals surface area (Å²) in [6, 6.07) is 3.46. The van der Waals surface area contributed by atoms with Gasteiger partial charge in [0.05, 0.1) is 6.20 Å². The summed E-state index contributed by atoms with van der Waals surface area (Å²) in [5.41, 5.74) is 1.72. The Morgan fingerprint density at radius 3 is 2.87 bits per heavy atom. The number of aromatic amines is 1. The van der Waals surface area contributed by atoms with Gasteiger partial charge in [-0.3, -0.25) is 4.79 Å². The monoisotopic (exact) mass is 205 g/mol. The van der Waals surface area contributed by atoms with E-state index in [1.807, 2.05) is 6.07 Å². The smallest absolute Gasteiger partial charge is 0.274 e. The Kier molecular flexibility index (Phi) is 2.58. The zero-order valence-electron chi connectivity index (χ0n) is 9.03. The van der Waals surface area contributed by atoms with Gasteiger partial charge < -0.3 is 4.98 Å². The molecule has 1 N–H and O–H groups in total. The minimum absolute atomic E-state index is 0.0596. The highest BCUT2D eigenvalue weighted by molar-refractivity contribution is 5.36. The third-order valence-electron chi connectivity index (χ3n) is 2.83. The van der Waals surface area contributed by atoms with Crippen molar-refractivity contribution < 1.29 is 0 Å². The van der Waals surface area contributed by atoms with Crippen molar-refractivity contribution in [1.82, 2.24) is 14.6 Å². The van der Waals surface area contributed by atoms with Gasteiger partial charge in [-0.2, -0.15) is 9.61 Å². The molecule has 0 aliphatic rings. The average molecular weight is 205 g/mol. The molecule has 0 bridgehead atoms. The van der Waals surface area contributed by atoms with E-state index in [4.69, 9.17) is 0 Å². The van der Waals surface area contributed by atoms with Gasteiger partial charge in [-0.1, -0.05) is 13.8 Å². The first-order valence-corrected chi connectivity index (χ1v) is 5.33. The molecular weight excluding hydrogens is 190 g/mol. The van der Waals surface area contributed by atoms with Crippen molar-refractivity contribution in [2.24, 2.45) is 0 Å². The van der Waals surface area contributed by atoms with Gasteiger partial charge in [0.15, 0.2) is 0 Å². The third-order valence-corrected chi connectivity index (χ3v) is 2.83. The Morgan fingerprint density at radius 2 is 2.20 bits per heavy atom. The van der Waals surface area contributed by atoms with Crippen molar-refractivity contribution in [3.8, 4) is 0 Å². The summed E-state index contributed by atoms with van der Waals surface area (Å²) in [5, 5.41) is 3.94. The molecule has 2 rings (SSSR count). The molecule has 2 heterocycles. The van der Waals surface area contributed by atoms with E-state index in [0.717, 1.165) is 24.2 Å². The van der Waals surface area contributed by atoms with E-state index >= 15 is 0 Å². The number of hydrogen-bond donors (Lipinski definition) is 1. The molecule has 0 aliphatic carbocycles. The summed E-state index contributed by atoms with van der Waals surface area (Å²) in [7, 11) is 0. The minimum Gasteiger partial charge on any atom is -0.343 e. The summed E-state index contributed by atoms with van der Waals surface area (Å²) in [6.07, 6.45) is 3.71. The summed E-state index contributed by atoms with van der Waals surface area (Å²) >= 11 is 0. The maximum atomic E-state index is 11.7. The zero-order valence-corrected chi connectivity index (χ0v) is 9.03. The maximum absolute atomic E-state index is 11.7. The largest absolute Gasteiger partial charge is 0.343 e. The fourth-order valence-corrected chi connectivity index (χ4v) is 1.90. The molecule has 80 valence electrons. The Morgan fingerprint density at radius 1 is 1.47 bits per heavy atom. The first-order valence-electron chi connectivity index (χ1n) is 5.33. The standard InChI is InChI=1S/C11H15N3O/c1-3-8(4-2)9-7-11(15)14-10(13-9)5-6-12-14/h5-8,13H,3-4H2,1-2H3. The number of hydrogen-bond acceptors (Lipinski definition) is 2. The van der Waals surface area contributed by atoms with E-state index in [1.54, 1.807) is 12.3 Å². The Labute approximate surface area is 87.9 Å². The van der Waals surface area contributed by atoms with Crippen molar-refractivity contribution >= 4 is 5.65 Å². The Balaban J connectivity index is 2.58. The van der Waals surface area contributed by atoms with Crippen LogP contribution in [0.1, 0.15) is 38.3 Å². The molecule has 0 aliphatic heterocycles. The molecule has 0 fully saturated rings. The molecule has 0 amide bonds. The van der Waals surface area contributed by atoms with Crippen molar-refractivity contribution in [2.45, 2.75) is 32.6 Å². The predicted molar refractivity (Wildman–Crippen MR) is 59.1 cm³/mol. The van der Waals surface area contributed by atoms with Crippen molar-refractivity contribution in [3.05, 3.63) is 34.4 Å². The number of nitrogens with zero attached hydrogens (tertiary/aromatic N) is 2. The van der Waals surface area contributed by atoms with Crippen LogP contribution in [0.2, 0.25) is 0 Å². The summed E-state index contributed by atoms with van der Waals surface area (Å²) in [4.78, 5) is 14.9. The van der Waals surface area contributed by atoms with E-state index in [-0.39, 0.29) is 5.56 Å². The Bertz CT molecular complexity index is 508. The van der Waals surface area contributed by atoms with Crippen LogP contribution in [0.4, 0.5) is 0 Å². The summed E-state index contributed by atoms with van der Waals surface area (Å²) in [5.74, 6) is 0.428. The molecule has 0 saturated heterocycles. The van der Waals surface area contributed by atoms with Gasteiger partial charge >= 0.3 is 0 Å². The molecule has 0 unspecified atom stereocenters. The van der Waals surface area contributed by atoms with E-state index in [1.165, 1.54) is 4.52 Å². The van der Waals surface area contributed by atoms with Gasteiger partial charge in [-0.15, -0.1) is 0 Å². The van der Waals surface area contributed by atoms with E-state index < -0.39 is 0 Å². The SMILES string of the molecule is CCC(CC)c1cc(=O)n2nccc2[nH]1. The molecule has 0 atom stereocenters. The highest BCUT2D eigenvalue weighted by Gasteiger charge is 2.10. The molecule has 0 saturated carbocycles. The zero-order chi connectivity index (χ0) is 10.8. The topological polar surface area (TPSA) is 50.2 Å². The molecule has 0 radical (unpaired) electrons. The van der Waals surface area contributed by atoms with Crippen molar-refractivity contribution in [2.75, 3.05) is 0 Å². The highest BCUT2D eigenvalue weighted by Crippen LogP contribution is 2.19. The van der Waals surface area contributed by atoms with Gasteiger partial charge in [0, 0.05) is 17.8 Å². The molecule has 15 heavy (non-hydrogen) atoms. The molecule has 2 aromatic heterocycles. The second-order valence-corrected chi connectivity index (χ2v) is 3.70. The number of rotatable bonds is 3. The van der Waals surface area contributed by atoms with E-state index in [9.17, 15) is 4.79 Å². The van der Waals surface area contributed by atoms with Crippen LogP contribution in [0.5, 0.6) is 0 Å². The molecule has 0 spiro atoms. The number of H-pyrrole nitrogens is 1. The average Bonchev–Trinajstić information content (AvgIpc) is 2.68. The number of fused-ring (bicyclic) bond motifs is 1. The number of nitrogens with one attached hydrogen (secondary N) is 1. The molecule has 2 aromatic rings. The number of aromatic nitrogens is 3. The van der Waals surface area contributed by atoms with Crippen LogP contribution in [0, 0.1) is 0 Å². The van der Waals surface area contributed by atoms with Gasteiger partial charge in [0.2, 0.25) is 0 Å². The van der Waals surface area contributed by atoms with E-state index in [0.29, 0.717) is 5.92 Å². The summed E-state index contributed by atoms with van der Waals surface area (Å²) in [6.45, 7) is 4.26. The lowest BCUT2D eigenvalue weighted by atomic mass is 9.99. The third kappa shape index (κ3) is 1.67. The van der Waals surface area contributed by atoms with Crippen LogP contribution < -0.4 is 5.56 Å². The van der Waals surface area contributed by atoms with Crippen molar-refractivity contribution in [3.63, 3.8) is 0 Å². The van der Waals surface area contributed by atoms with Gasteiger partial charge in [-0.25, -0.2) is 0 Å². The lowest BCUT2D eigenvalue weighted by Crippen LogP contribution is -2.16. The molecule has 4 nitrogen and oxygen atoms in total. The Hall–Kier alpha value is -1.58. The van der Waals surface area contributed by atoms with Gasteiger partial charge in [-0.05, 0) is 18.8 Å². The predicted octanol–water partition coefficient (Wildman–Crippen LogP) is 1.93. The second kappa shape index (κ2) is 3.88. The van der Waals surface area contributed by atoms with E-state index in [2.05, 4.69) is 23.9 Å². The lowest BCUT2D eigenvalue weighted by molar-refractivity contribution is 0.620. The minimum atomic E-state index is -0.0596. The maximum Gasteiger partial charge on any atom is 0.274 e. The molecular formula is C11H15N3O. The molecule has 0 aromatic carbocycles. The fourth-order valence-electron chi connectivity index (χ4n) is 1.90. The van der Waals surface area contributed by atoms with Crippen LogP contribution in [-0.2, 0) is 0 Å². The first-order chi connectivity index (χ1) is 7.26. The van der Waals surface area contributed by atoms with Crippen LogP contribution in [0.15, 0.2) is 23.1 Å². The fraction of sp³-hybridized carbons (Fsp3) is 0.455. The summed E-state index contributed by atoms with van der Waals surface area (Å²) < 4.78 is 1.38. The van der Waals surface area contributed by atoms with Gasteiger partial charge in [0.1, 0.15) is 5.65 Å². The van der Waals surface area contributed by atoms with Crippen LogP contribution in [0.25, 0.3) is 5.65 Å².